The molecule has 0 bridgehead atoms. The van der Waals surface area contributed by atoms with Crippen LogP contribution in [0.3, 0.4) is 0 Å². The van der Waals surface area contributed by atoms with Crippen LogP contribution in [-0.4, -0.2) is 24.6 Å². The van der Waals surface area contributed by atoms with Crippen molar-refractivity contribution in [3.05, 3.63) is 29.8 Å². The normalized spacial score (nSPS) is 11.0. The summed E-state index contributed by atoms with van der Waals surface area (Å²) in [4.78, 5) is 11.8. The summed E-state index contributed by atoms with van der Waals surface area (Å²) in [5.74, 6) is 0.673. The van der Waals surface area contributed by atoms with E-state index in [-0.39, 0.29) is 18.6 Å². The van der Waals surface area contributed by atoms with E-state index >= 15 is 0 Å². The van der Waals surface area contributed by atoms with Crippen molar-refractivity contribution in [2.24, 2.45) is 0 Å². The molecule has 0 unspecified atom stereocenters. The van der Waals surface area contributed by atoms with Crippen LogP contribution in [0.1, 0.15) is 46.1 Å². The third-order valence-corrected chi connectivity index (χ3v) is 3.33. The van der Waals surface area contributed by atoms with Gasteiger partial charge in [0.1, 0.15) is 5.75 Å². The zero-order valence-corrected chi connectivity index (χ0v) is 13.6. The molecule has 0 aliphatic rings. The predicted octanol–water partition coefficient (Wildman–Crippen LogP) is 2.87. The van der Waals surface area contributed by atoms with Gasteiger partial charge in [0.2, 0.25) is 0 Å². The van der Waals surface area contributed by atoms with Gasteiger partial charge in [0.25, 0.3) is 5.91 Å². The van der Waals surface area contributed by atoms with Crippen LogP contribution in [0.15, 0.2) is 24.3 Å². The maximum absolute atomic E-state index is 11.8. The Morgan fingerprint density at radius 1 is 1.24 bits per heavy atom. The first-order chi connectivity index (χ1) is 10.0. The maximum atomic E-state index is 11.8. The molecule has 4 heteroatoms. The Balaban J connectivity index is 2.44. The van der Waals surface area contributed by atoms with Crippen LogP contribution in [0.25, 0.3) is 0 Å². The van der Waals surface area contributed by atoms with Crippen LogP contribution in [0.5, 0.6) is 5.75 Å². The van der Waals surface area contributed by atoms with Gasteiger partial charge in [0.05, 0.1) is 0 Å². The van der Waals surface area contributed by atoms with Gasteiger partial charge in [-0.2, -0.15) is 0 Å². The third-order valence-electron chi connectivity index (χ3n) is 3.33. The first-order valence-corrected chi connectivity index (χ1v) is 7.79. The maximum Gasteiger partial charge on any atom is 0.258 e. The van der Waals surface area contributed by atoms with E-state index in [9.17, 15) is 4.79 Å². The fourth-order valence-electron chi connectivity index (χ4n) is 1.98. The van der Waals surface area contributed by atoms with Gasteiger partial charge < -0.3 is 15.4 Å². The molecular weight excluding hydrogens is 264 g/mol. The van der Waals surface area contributed by atoms with E-state index in [2.05, 4.69) is 38.3 Å². The topological polar surface area (TPSA) is 50.4 Å². The number of hydrogen-bond donors (Lipinski definition) is 2. The Morgan fingerprint density at radius 3 is 2.57 bits per heavy atom. The van der Waals surface area contributed by atoms with E-state index < -0.39 is 0 Å². The smallest absolute Gasteiger partial charge is 0.258 e. The predicted molar refractivity (Wildman–Crippen MR) is 86.4 cm³/mol. The van der Waals surface area contributed by atoms with Crippen molar-refractivity contribution in [1.82, 2.24) is 10.6 Å². The number of carbonyl (C=O) groups excluding carboxylic acids is 1. The average molecular weight is 292 g/mol. The number of benzene rings is 1. The van der Waals surface area contributed by atoms with Gasteiger partial charge in [-0.3, -0.25) is 4.79 Å². The van der Waals surface area contributed by atoms with Gasteiger partial charge in [-0.05, 0) is 30.5 Å². The number of rotatable bonds is 9. The van der Waals surface area contributed by atoms with Crippen LogP contribution in [0, 0.1) is 0 Å². The van der Waals surface area contributed by atoms with E-state index in [0.717, 1.165) is 30.7 Å². The van der Waals surface area contributed by atoms with Gasteiger partial charge >= 0.3 is 0 Å². The molecule has 1 rings (SSSR count). The molecule has 0 aromatic heterocycles. The number of amides is 1. The van der Waals surface area contributed by atoms with Crippen LogP contribution < -0.4 is 15.4 Å². The summed E-state index contributed by atoms with van der Waals surface area (Å²) in [6.07, 6.45) is 1.89. The molecule has 1 aromatic carbocycles. The minimum absolute atomic E-state index is 0.0607. The largest absolute Gasteiger partial charge is 0.484 e. The van der Waals surface area contributed by atoms with Crippen LogP contribution in [0.2, 0.25) is 0 Å². The standard InChI is InChI=1S/C17H28N2O2/c1-5-15(6-2)19-17(20)12-21-16-9-7-8-14(10-16)11-18-13(3)4/h7-10,13,15,18H,5-6,11-12H2,1-4H3,(H,19,20). The second-order valence-corrected chi connectivity index (χ2v) is 5.55. The summed E-state index contributed by atoms with van der Waals surface area (Å²) >= 11 is 0. The lowest BCUT2D eigenvalue weighted by molar-refractivity contribution is -0.123. The first-order valence-electron chi connectivity index (χ1n) is 7.79. The Bertz CT molecular complexity index is 429. The van der Waals surface area contributed by atoms with Crippen molar-refractivity contribution in [3.63, 3.8) is 0 Å². The summed E-state index contributed by atoms with van der Waals surface area (Å²) in [7, 11) is 0. The van der Waals surface area contributed by atoms with Crippen molar-refractivity contribution >= 4 is 5.91 Å². The molecule has 0 radical (unpaired) electrons. The number of ether oxygens (including phenoxy) is 1. The minimum Gasteiger partial charge on any atom is -0.484 e. The summed E-state index contributed by atoms with van der Waals surface area (Å²) in [5.41, 5.74) is 1.15. The van der Waals surface area contributed by atoms with E-state index in [1.165, 1.54) is 0 Å². The molecule has 0 heterocycles. The second kappa shape index (κ2) is 9.40. The molecule has 0 aliphatic heterocycles. The highest BCUT2D eigenvalue weighted by Crippen LogP contribution is 2.13. The molecule has 21 heavy (non-hydrogen) atoms. The number of carbonyl (C=O) groups is 1. The molecule has 0 fully saturated rings. The SMILES string of the molecule is CCC(CC)NC(=O)COc1cccc(CNC(C)C)c1. The molecule has 2 N–H and O–H groups in total. The fourth-order valence-corrected chi connectivity index (χ4v) is 1.98. The van der Waals surface area contributed by atoms with Gasteiger partial charge in [-0.25, -0.2) is 0 Å². The minimum atomic E-state index is -0.0607. The Morgan fingerprint density at radius 2 is 1.95 bits per heavy atom. The van der Waals surface area contributed by atoms with Gasteiger partial charge in [0.15, 0.2) is 6.61 Å². The van der Waals surface area contributed by atoms with Crippen molar-refractivity contribution in [2.75, 3.05) is 6.61 Å². The molecule has 118 valence electrons. The third kappa shape index (κ3) is 7.14. The monoisotopic (exact) mass is 292 g/mol. The highest BCUT2D eigenvalue weighted by molar-refractivity contribution is 5.77. The first kappa shape index (κ1) is 17.5. The van der Waals surface area contributed by atoms with Crippen molar-refractivity contribution < 1.29 is 9.53 Å². The molecule has 0 atom stereocenters. The van der Waals surface area contributed by atoms with Crippen molar-refractivity contribution in [2.45, 2.75) is 59.2 Å². The van der Waals surface area contributed by atoms with Crippen LogP contribution in [-0.2, 0) is 11.3 Å². The molecule has 0 saturated heterocycles. The quantitative estimate of drug-likeness (QED) is 0.736. The number of nitrogens with one attached hydrogen (secondary N) is 2. The van der Waals surface area contributed by atoms with E-state index in [1.54, 1.807) is 0 Å². The molecule has 0 saturated carbocycles. The Kier molecular flexibility index (Phi) is 7.83. The van der Waals surface area contributed by atoms with Crippen LogP contribution in [0.4, 0.5) is 0 Å². The fraction of sp³-hybridized carbons (Fsp3) is 0.588. The molecule has 0 spiro atoms. The van der Waals surface area contributed by atoms with Crippen LogP contribution >= 0.6 is 0 Å². The lowest BCUT2D eigenvalue weighted by atomic mass is 10.2. The van der Waals surface area contributed by atoms with Crippen molar-refractivity contribution in [1.29, 1.82) is 0 Å². The molecule has 4 nitrogen and oxygen atoms in total. The lowest BCUT2D eigenvalue weighted by Crippen LogP contribution is -2.37. The average Bonchev–Trinajstić information content (AvgIpc) is 2.49. The Hall–Kier alpha value is -1.55. The van der Waals surface area contributed by atoms with Crippen molar-refractivity contribution in [3.8, 4) is 5.75 Å². The highest BCUT2D eigenvalue weighted by atomic mass is 16.5. The van der Waals surface area contributed by atoms with Gasteiger partial charge in [-0.1, -0.05) is 39.8 Å². The molecule has 0 aliphatic carbocycles. The van der Waals surface area contributed by atoms with E-state index in [1.807, 2.05) is 24.3 Å². The molecule has 1 aromatic rings. The summed E-state index contributed by atoms with van der Waals surface area (Å²) in [6, 6.07) is 8.53. The highest BCUT2D eigenvalue weighted by Gasteiger charge is 2.09. The van der Waals surface area contributed by atoms with Gasteiger partial charge in [0, 0.05) is 18.6 Å². The van der Waals surface area contributed by atoms with Gasteiger partial charge in [-0.15, -0.1) is 0 Å². The zero-order valence-electron chi connectivity index (χ0n) is 13.6. The summed E-state index contributed by atoms with van der Waals surface area (Å²) in [6.45, 7) is 9.23. The molecule has 1 amide bonds. The van der Waals surface area contributed by atoms with E-state index in [0.29, 0.717) is 6.04 Å². The summed E-state index contributed by atoms with van der Waals surface area (Å²) in [5, 5.41) is 6.33. The Labute approximate surface area is 128 Å². The molecular formula is C17H28N2O2. The van der Waals surface area contributed by atoms with E-state index in [4.69, 9.17) is 4.74 Å². The summed E-state index contributed by atoms with van der Waals surface area (Å²) < 4.78 is 5.57. The zero-order chi connectivity index (χ0) is 15.7. The number of hydrogen-bond acceptors (Lipinski definition) is 3. The lowest BCUT2D eigenvalue weighted by Gasteiger charge is -2.15. The second-order valence-electron chi connectivity index (χ2n) is 5.55.